The first-order valence-corrected chi connectivity index (χ1v) is 7.74. The second-order valence-electron chi connectivity index (χ2n) is 4.86. The van der Waals surface area contributed by atoms with E-state index < -0.39 is 22.0 Å². The second kappa shape index (κ2) is 5.63. The first kappa shape index (κ1) is 15.2. The smallest absolute Gasteiger partial charge is 0.378 e. The first-order valence-electron chi connectivity index (χ1n) is 6.33. The van der Waals surface area contributed by atoms with Crippen LogP contribution in [0.3, 0.4) is 0 Å². The summed E-state index contributed by atoms with van der Waals surface area (Å²) in [6.07, 6.45) is 4.15. The zero-order valence-corrected chi connectivity index (χ0v) is 11.5. The molecule has 0 saturated heterocycles. The molecule has 1 aromatic rings. The fraction of sp³-hybridized carbons (Fsp3) is 0.538. The number of hydrogen-bond acceptors (Lipinski definition) is 3. The molecule has 0 radical (unpaired) electrons. The van der Waals surface area contributed by atoms with Crippen LogP contribution in [0.15, 0.2) is 24.3 Å². The van der Waals surface area contributed by atoms with E-state index >= 15 is 0 Å². The van der Waals surface area contributed by atoms with E-state index in [0.717, 1.165) is 31.2 Å². The maximum atomic E-state index is 12.9. The van der Waals surface area contributed by atoms with Gasteiger partial charge in [-0.1, -0.05) is 25.0 Å². The molecule has 0 N–H and O–H groups in total. The molecule has 0 heterocycles. The molecule has 0 spiro atoms. The van der Waals surface area contributed by atoms with Gasteiger partial charge in [0.05, 0.1) is 0 Å². The zero-order valence-electron chi connectivity index (χ0n) is 10.7. The van der Waals surface area contributed by atoms with Crippen LogP contribution in [0, 0.1) is 0 Å². The average Bonchev–Trinajstić information content (AvgIpc) is 2.92. The molecule has 1 fully saturated rings. The van der Waals surface area contributed by atoms with Crippen molar-refractivity contribution >= 4 is 10.1 Å². The molecule has 0 atom stereocenters. The monoisotopic (exact) mass is 308 g/mol. The van der Waals surface area contributed by atoms with E-state index in [1.165, 1.54) is 12.1 Å². The minimum absolute atomic E-state index is 0.206. The fourth-order valence-corrected chi connectivity index (χ4v) is 2.95. The lowest BCUT2D eigenvalue weighted by Gasteiger charge is -2.15. The lowest BCUT2D eigenvalue weighted by atomic mass is 9.98. The number of halogens is 3. The summed E-state index contributed by atoms with van der Waals surface area (Å²) in [5.41, 5.74) is 0.860. The van der Waals surface area contributed by atoms with Gasteiger partial charge in [-0.2, -0.15) is 17.2 Å². The van der Waals surface area contributed by atoms with Crippen molar-refractivity contribution in [2.24, 2.45) is 0 Å². The van der Waals surface area contributed by atoms with E-state index in [2.05, 4.69) is 4.18 Å². The molecule has 3 nitrogen and oxygen atoms in total. The highest BCUT2D eigenvalue weighted by molar-refractivity contribution is 7.88. The molecule has 1 saturated carbocycles. The van der Waals surface area contributed by atoms with Crippen molar-refractivity contribution < 1.29 is 25.8 Å². The van der Waals surface area contributed by atoms with Crippen molar-refractivity contribution in [3.05, 3.63) is 29.8 Å². The van der Waals surface area contributed by atoms with Crippen LogP contribution in [-0.2, 0) is 10.1 Å². The molecule has 1 aromatic carbocycles. The van der Waals surface area contributed by atoms with Gasteiger partial charge in [0.15, 0.2) is 6.67 Å². The van der Waals surface area contributed by atoms with Gasteiger partial charge < -0.3 is 4.18 Å². The van der Waals surface area contributed by atoms with Crippen LogP contribution in [0.1, 0.15) is 37.2 Å². The first-order chi connectivity index (χ1) is 9.36. The van der Waals surface area contributed by atoms with Gasteiger partial charge in [-0.05, 0) is 36.5 Å². The van der Waals surface area contributed by atoms with Crippen molar-refractivity contribution in [1.82, 2.24) is 0 Å². The number of alkyl halides is 3. The molecule has 20 heavy (non-hydrogen) atoms. The summed E-state index contributed by atoms with van der Waals surface area (Å²) in [7, 11) is -5.31. The van der Waals surface area contributed by atoms with Crippen molar-refractivity contribution in [1.29, 1.82) is 0 Å². The minimum atomic E-state index is -5.31. The summed E-state index contributed by atoms with van der Waals surface area (Å²) < 4.78 is 64.8. The van der Waals surface area contributed by atoms with E-state index in [9.17, 15) is 21.6 Å². The van der Waals surface area contributed by atoms with E-state index in [-0.39, 0.29) is 5.75 Å². The molecule has 1 aliphatic rings. The number of benzene rings is 1. The largest absolute Gasteiger partial charge is 0.407 e. The third-order valence-electron chi connectivity index (χ3n) is 3.41. The molecular formula is C13H15F3O3S. The fourth-order valence-electron chi connectivity index (χ4n) is 2.33. The maximum Gasteiger partial charge on any atom is 0.407 e. The van der Waals surface area contributed by atoms with Crippen LogP contribution in [0.5, 0.6) is 5.75 Å². The lowest BCUT2D eigenvalue weighted by Crippen LogP contribution is -2.34. The van der Waals surface area contributed by atoms with Crippen molar-refractivity contribution in [3.8, 4) is 5.75 Å². The summed E-state index contributed by atoms with van der Waals surface area (Å²) in [6.45, 7) is -2.31. The van der Waals surface area contributed by atoms with E-state index in [4.69, 9.17) is 0 Å². The van der Waals surface area contributed by atoms with Crippen LogP contribution in [0.4, 0.5) is 13.2 Å². The molecule has 0 bridgehead atoms. The van der Waals surface area contributed by atoms with Gasteiger partial charge in [-0.25, -0.2) is 4.39 Å². The predicted octanol–water partition coefficient (Wildman–Crippen LogP) is 3.62. The van der Waals surface area contributed by atoms with Crippen LogP contribution in [0.2, 0.25) is 0 Å². The molecule has 112 valence electrons. The lowest BCUT2D eigenvalue weighted by molar-refractivity contribution is 0.0538. The van der Waals surface area contributed by atoms with Gasteiger partial charge in [0, 0.05) is 0 Å². The van der Waals surface area contributed by atoms with Gasteiger partial charge in [-0.15, -0.1) is 0 Å². The van der Waals surface area contributed by atoms with Crippen LogP contribution in [0.25, 0.3) is 0 Å². The average molecular weight is 308 g/mol. The highest BCUT2D eigenvalue weighted by atomic mass is 32.2. The van der Waals surface area contributed by atoms with Gasteiger partial charge in [0.1, 0.15) is 5.75 Å². The third-order valence-corrected chi connectivity index (χ3v) is 4.66. The summed E-state index contributed by atoms with van der Waals surface area (Å²) in [5.74, 6) is 0.0884. The molecule has 1 aliphatic carbocycles. The normalized spacial score (nSPS) is 17.4. The Kier molecular flexibility index (Phi) is 4.27. The Hall–Kier alpha value is -1.24. The van der Waals surface area contributed by atoms with Crippen LogP contribution >= 0.6 is 0 Å². The second-order valence-corrected chi connectivity index (χ2v) is 6.53. The zero-order chi connectivity index (χ0) is 14.8. The van der Waals surface area contributed by atoms with Crippen molar-refractivity contribution in [2.75, 3.05) is 6.67 Å². The van der Waals surface area contributed by atoms with Gasteiger partial charge >= 0.3 is 15.4 Å². The molecule has 7 heteroatoms. The highest BCUT2D eigenvalue weighted by Gasteiger charge is 2.47. The Balaban J connectivity index is 2.20. The van der Waals surface area contributed by atoms with Crippen LogP contribution < -0.4 is 4.18 Å². The molecule has 0 aromatic heterocycles. The van der Waals surface area contributed by atoms with Crippen molar-refractivity contribution in [3.63, 3.8) is 0 Å². The maximum absolute atomic E-state index is 12.9. The van der Waals surface area contributed by atoms with Gasteiger partial charge in [-0.3, -0.25) is 0 Å². The Morgan fingerprint density at radius 3 is 2.50 bits per heavy atom. The van der Waals surface area contributed by atoms with Crippen molar-refractivity contribution in [2.45, 2.75) is 36.9 Å². The number of hydrogen-bond donors (Lipinski definition) is 0. The summed E-state index contributed by atoms with van der Waals surface area (Å²) in [5, 5.41) is -4.53. The Morgan fingerprint density at radius 2 is 1.90 bits per heavy atom. The van der Waals surface area contributed by atoms with Crippen LogP contribution in [-0.4, -0.2) is 20.3 Å². The molecule has 0 amide bonds. The molecule has 0 aliphatic heterocycles. The molecule has 2 rings (SSSR count). The summed E-state index contributed by atoms with van der Waals surface area (Å²) >= 11 is 0. The van der Waals surface area contributed by atoms with E-state index in [1.54, 1.807) is 6.07 Å². The SMILES string of the molecule is O=S(=O)(Oc1cccc(C2CCCC2)c1)C(F)(F)CF. The Bertz CT molecular complexity index is 566. The Morgan fingerprint density at radius 1 is 1.25 bits per heavy atom. The predicted molar refractivity (Wildman–Crippen MR) is 68.1 cm³/mol. The Labute approximate surface area is 115 Å². The standard InChI is InChI=1S/C13H15F3O3S/c14-9-13(15,16)20(17,18)19-12-7-3-6-11(8-12)10-4-1-2-5-10/h3,6-8,10H,1-2,4-5,9H2. The third kappa shape index (κ3) is 3.08. The minimum Gasteiger partial charge on any atom is -0.378 e. The van der Waals surface area contributed by atoms with Gasteiger partial charge in [0.25, 0.3) is 0 Å². The van der Waals surface area contributed by atoms with Gasteiger partial charge in [0.2, 0.25) is 0 Å². The molecular weight excluding hydrogens is 293 g/mol. The summed E-state index contributed by atoms with van der Waals surface area (Å²) in [4.78, 5) is 0. The van der Waals surface area contributed by atoms with E-state index in [1.807, 2.05) is 6.07 Å². The molecule has 0 unspecified atom stereocenters. The quantitative estimate of drug-likeness (QED) is 0.780. The summed E-state index contributed by atoms with van der Waals surface area (Å²) in [6, 6.07) is 6.06. The van der Waals surface area contributed by atoms with E-state index in [0.29, 0.717) is 5.92 Å². The topological polar surface area (TPSA) is 43.4 Å². The number of rotatable bonds is 5. The highest BCUT2D eigenvalue weighted by Crippen LogP contribution is 2.36.